The van der Waals surface area contributed by atoms with Crippen LogP contribution in [0, 0.1) is 12.7 Å². The molecule has 6 nitrogen and oxygen atoms in total. The first-order valence-electron chi connectivity index (χ1n) is 10.1. The minimum absolute atomic E-state index is 0.147. The Bertz CT molecular complexity index is 1180. The highest BCUT2D eigenvalue weighted by molar-refractivity contribution is 7.99. The summed E-state index contributed by atoms with van der Waals surface area (Å²) in [6, 6.07) is 23.6. The molecule has 32 heavy (non-hydrogen) atoms. The largest absolute Gasteiger partial charge is 0.378 e. The van der Waals surface area contributed by atoms with Gasteiger partial charge in [0.05, 0.1) is 12.3 Å². The van der Waals surface area contributed by atoms with Crippen molar-refractivity contribution in [1.29, 1.82) is 0 Å². The predicted molar refractivity (Wildman–Crippen MR) is 126 cm³/mol. The molecule has 2 N–H and O–H groups in total. The Morgan fingerprint density at radius 3 is 2.34 bits per heavy atom. The van der Waals surface area contributed by atoms with Gasteiger partial charge >= 0.3 is 0 Å². The van der Waals surface area contributed by atoms with Crippen molar-refractivity contribution in [3.05, 3.63) is 96.1 Å². The number of nitrogens with zero attached hydrogens (tertiary/aromatic N) is 3. The van der Waals surface area contributed by atoms with Crippen LogP contribution in [-0.2, 0) is 11.3 Å². The number of anilines is 2. The molecule has 0 aliphatic heterocycles. The summed E-state index contributed by atoms with van der Waals surface area (Å²) in [4.78, 5) is 12.4. The highest BCUT2D eigenvalue weighted by atomic mass is 32.2. The lowest BCUT2D eigenvalue weighted by molar-refractivity contribution is -0.113. The van der Waals surface area contributed by atoms with Gasteiger partial charge in [-0.3, -0.25) is 9.36 Å². The highest BCUT2D eigenvalue weighted by Gasteiger charge is 2.16. The van der Waals surface area contributed by atoms with Crippen LogP contribution in [-0.4, -0.2) is 26.4 Å². The fourth-order valence-electron chi connectivity index (χ4n) is 3.06. The zero-order chi connectivity index (χ0) is 22.3. The van der Waals surface area contributed by atoms with Gasteiger partial charge < -0.3 is 10.6 Å². The molecule has 0 aliphatic carbocycles. The number of carbonyl (C=O) groups excluding carboxylic acids is 1. The van der Waals surface area contributed by atoms with Gasteiger partial charge in [0, 0.05) is 17.1 Å². The molecule has 0 saturated carbocycles. The SMILES string of the molecule is Cc1ccc(NCc2nnc(SCC(=O)Nc3ccc(F)cc3)n2-c2ccccc2)cc1. The number of amides is 1. The summed E-state index contributed by atoms with van der Waals surface area (Å²) in [5, 5.41) is 15.4. The maximum absolute atomic E-state index is 13.1. The number of rotatable bonds is 8. The van der Waals surface area contributed by atoms with E-state index < -0.39 is 0 Å². The summed E-state index contributed by atoms with van der Waals surface area (Å²) in [6.45, 7) is 2.53. The third-order valence-electron chi connectivity index (χ3n) is 4.68. The first-order valence-corrected chi connectivity index (χ1v) is 11.1. The lowest BCUT2D eigenvalue weighted by Crippen LogP contribution is -2.15. The van der Waals surface area contributed by atoms with Crippen molar-refractivity contribution < 1.29 is 9.18 Å². The topological polar surface area (TPSA) is 71.8 Å². The molecule has 1 aromatic heterocycles. The number of aryl methyl sites for hydroxylation is 1. The molecule has 0 fully saturated rings. The standard InChI is InChI=1S/C24H22FN5OS/c1-17-7-11-19(12-8-17)26-15-22-28-29-24(30(22)21-5-3-2-4-6-21)32-16-23(31)27-20-13-9-18(25)10-14-20/h2-14,26H,15-16H2,1H3,(H,27,31). The second-order valence-electron chi connectivity index (χ2n) is 7.13. The fourth-order valence-corrected chi connectivity index (χ4v) is 3.83. The number of thioether (sulfide) groups is 1. The van der Waals surface area contributed by atoms with E-state index in [1.54, 1.807) is 0 Å². The summed E-state index contributed by atoms with van der Waals surface area (Å²) in [7, 11) is 0. The van der Waals surface area contributed by atoms with E-state index in [0.717, 1.165) is 17.2 Å². The Labute approximate surface area is 189 Å². The summed E-state index contributed by atoms with van der Waals surface area (Å²) >= 11 is 1.29. The quantitative estimate of drug-likeness (QED) is 0.370. The van der Waals surface area contributed by atoms with E-state index in [2.05, 4.69) is 20.8 Å². The Kier molecular flexibility index (Phi) is 6.81. The number of nitrogens with one attached hydrogen (secondary N) is 2. The summed E-state index contributed by atoms with van der Waals surface area (Å²) in [6.07, 6.45) is 0. The van der Waals surface area contributed by atoms with Crippen LogP contribution in [0.25, 0.3) is 5.69 Å². The van der Waals surface area contributed by atoms with Crippen LogP contribution < -0.4 is 10.6 Å². The average Bonchev–Trinajstić information content (AvgIpc) is 3.22. The Hall–Kier alpha value is -3.65. The average molecular weight is 448 g/mol. The van der Waals surface area contributed by atoms with Crippen molar-refractivity contribution in [2.24, 2.45) is 0 Å². The van der Waals surface area contributed by atoms with E-state index >= 15 is 0 Å². The lowest BCUT2D eigenvalue weighted by atomic mass is 10.2. The normalized spacial score (nSPS) is 10.7. The van der Waals surface area contributed by atoms with Crippen molar-refractivity contribution in [3.63, 3.8) is 0 Å². The smallest absolute Gasteiger partial charge is 0.234 e. The number of carbonyl (C=O) groups is 1. The molecule has 0 saturated heterocycles. The number of para-hydroxylation sites is 1. The van der Waals surface area contributed by atoms with Gasteiger partial charge in [0.25, 0.3) is 0 Å². The first kappa shape index (κ1) is 21.6. The fraction of sp³-hybridized carbons (Fsp3) is 0.125. The van der Waals surface area contributed by atoms with E-state index in [0.29, 0.717) is 17.4 Å². The van der Waals surface area contributed by atoms with E-state index in [9.17, 15) is 9.18 Å². The van der Waals surface area contributed by atoms with E-state index in [1.165, 1.54) is 41.6 Å². The van der Waals surface area contributed by atoms with Crippen LogP contribution in [0.1, 0.15) is 11.4 Å². The lowest BCUT2D eigenvalue weighted by Gasteiger charge is -2.11. The monoisotopic (exact) mass is 447 g/mol. The highest BCUT2D eigenvalue weighted by Crippen LogP contribution is 2.23. The van der Waals surface area contributed by atoms with Gasteiger partial charge in [-0.25, -0.2) is 4.39 Å². The van der Waals surface area contributed by atoms with Gasteiger partial charge in [-0.15, -0.1) is 10.2 Å². The third kappa shape index (κ3) is 5.53. The van der Waals surface area contributed by atoms with Gasteiger partial charge in [0.2, 0.25) is 5.91 Å². The number of hydrogen-bond donors (Lipinski definition) is 2. The second kappa shape index (κ2) is 10.1. The molecule has 0 radical (unpaired) electrons. The molecule has 0 spiro atoms. The van der Waals surface area contributed by atoms with Gasteiger partial charge in [-0.1, -0.05) is 47.7 Å². The van der Waals surface area contributed by atoms with E-state index in [4.69, 9.17) is 0 Å². The van der Waals surface area contributed by atoms with E-state index in [1.807, 2.05) is 66.1 Å². The molecule has 3 aromatic carbocycles. The van der Waals surface area contributed by atoms with Gasteiger partial charge in [0.1, 0.15) is 5.82 Å². The van der Waals surface area contributed by atoms with E-state index in [-0.39, 0.29) is 17.5 Å². The Morgan fingerprint density at radius 1 is 0.938 bits per heavy atom. The number of hydrogen-bond acceptors (Lipinski definition) is 5. The second-order valence-corrected chi connectivity index (χ2v) is 8.08. The first-order chi connectivity index (χ1) is 15.6. The molecule has 8 heteroatoms. The van der Waals surface area contributed by atoms with Crippen LogP contribution in [0.5, 0.6) is 0 Å². The van der Waals surface area contributed by atoms with Crippen LogP contribution >= 0.6 is 11.8 Å². The number of benzene rings is 3. The van der Waals surface area contributed by atoms with Crippen molar-refractivity contribution >= 4 is 29.0 Å². The molecule has 0 atom stereocenters. The molecule has 1 heterocycles. The summed E-state index contributed by atoms with van der Waals surface area (Å²) < 4.78 is 15.0. The van der Waals surface area contributed by atoms with Crippen LogP contribution in [0.15, 0.2) is 84.0 Å². The maximum atomic E-state index is 13.1. The molecular weight excluding hydrogens is 425 g/mol. The zero-order valence-corrected chi connectivity index (χ0v) is 18.3. The van der Waals surface area contributed by atoms with Crippen LogP contribution in [0.3, 0.4) is 0 Å². The Morgan fingerprint density at radius 2 is 1.62 bits per heavy atom. The molecule has 0 aliphatic rings. The maximum Gasteiger partial charge on any atom is 0.234 e. The molecule has 1 amide bonds. The minimum atomic E-state index is -0.347. The van der Waals surface area contributed by atoms with Crippen molar-refractivity contribution in [3.8, 4) is 5.69 Å². The molecule has 0 unspecified atom stereocenters. The summed E-state index contributed by atoms with van der Waals surface area (Å²) in [5.41, 5.74) is 3.65. The predicted octanol–water partition coefficient (Wildman–Crippen LogP) is 5.06. The van der Waals surface area contributed by atoms with Crippen LogP contribution in [0.2, 0.25) is 0 Å². The molecule has 162 valence electrons. The number of halogens is 1. The summed E-state index contributed by atoms with van der Waals surface area (Å²) in [5.74, 6) is 0.329. The van der Waals surface area contributed by atoms with Crippen molar-refractivity contribution in [2.75, 3.05) is 16.4 Å². The van der Waals surface area contributed by atoms with Gasteiger partial charge in [-0.2, -0.15) is 0 Å². The van der Waals surface area contributed by atoms with Crippen molar-refractivity contribution in [2.45, 2.75) is 18.6 Å². The molecule has 4 rings (SSSR count). The Balaban J connectivity index is 1.48. The van der Waals surface area contributed by atoms with Gasteiger partial charge in [-0.05, 0) is 55.5 Å². The van der Waals surface area contributed by atoms with Gasteiger partial charge in [0.15, 0.2) is 11.0 Å². The van der Waals surface area contributed by atoms with Crippen molar-refractivity contribution in [1.82, 2.24) is 14.8 Å². The zero-order valence-electron chi connectivity index (χ0n) is 17.5. The number of aromatic nitrogens is 3. The minimum Gasteiger partial charge on any atom is -0.378 e. The molecule has 0 bridgehead atoms. The third-order valence-corrected chi connectivity index (χ3v) is 5.61. The van der Waals surface area contributed by atoms with Crippen LogP contribution in [0.4, 0.5) is 15.8 Å². The molecular formula is C24H22FN5OS. The molecule has 4 aromatic rings.